The zero-order chi connectivity index (χ0) is 21.8. The van der Waals surface area contributed by atoms with Gasteiger partial charge in [0.15, 0.2) is 6.61 Å². The Morgan fingerprint density at radius 3 is 2.55 bits per heavy atom. The van der Waals surface area contributed by atoms with E-state index in [1.807, 2.05) is 17.0 Å². The van der Waals surface area contributed by atoms with Crippen molar-refractivity contribution in [3.63, 3.8) is 0 Å². The number of hydrogen-bond acceptors (Lipinski definition) is 3. The number of halogens is 2. The fraction of sp³-hybridized carbons (Fsp3) is 0.391. The molecular weight excluding hydrogens is 421 g/mol. The first-order valence-corrected chi connectivity index (χ1v) is 10.7. The second-order valence-electron chi connectivity index (χ2n) is 8.85. The number of aryl methyl sites for hydroxylation is 1. The van der Waals surface area contributed by atoms with Crippen molar-refractivity contribution >= 4 is 29.2 Å². The van der Waals surface area contributed by atoms with E-state index in [1.54, 1.807) is 30.0 Å². The molecule has 3 aliphatic carbocycles. The zero-order valence-corrected chi connectivity index (χ0v) is 17.9. The molecule has 0 unspecified atom stereocenters. The Morgan fingerprint density at radius 1 is 1.16 bits per heavy atom. The molecule has 1 N–H and O–H groups in total. The summed E-state index contributed by atoms with van der Waals surface area (Å²) in [6, 6.07) is 11.7. The summed E-state index contributed by atoms with van der Waals surface area (Å²) >= 11 is 5.95. The monoisotopic (exact) mass is 443 g/mol. The number of urea groups is 1. The summed E-state index contributed by atoms with van der Waals surface area (Å²) in [6.07, 6.45) is 2.30. The van der Waals surface area contributed by atoms with Crippen LogP contribution in [0.15, 0.2) is 42.5 Å². The maximum Gasteiger partial charge on any atom is 0.325 e. The SMILES string of the molecule is Cc1cc(OCC(=O)NC23CC(N4CCN(c5ccc(Cl)cc5)C4=O)(C2)C3)ccc1F. The fourth-order valence-corrected chi connectivity index (χ4v) is 5.30. The number of nitrogens with zero attached hydrogens (tertiary/aromatic N) is 2. The summed E-state index contributed by atoms with van der Waals surface area (Å²) in [5.74, 6) is -0.0408. The number of rotatable bonds is 6. The van der Waals surface area contributed by atoms with Crippen LogP contribution in [0, 0.1) is 12.7 Å². The zero-order valence-electron chi connectivity index (χ0n) is 17.2. The van der Waals surface area contributed by atoms with E-state index in [2.05, 4.69) is 5.32 Å². The molecule has 2 aromatic carbocycles. The molecule has 1 saturated heterocycles. The maximum absolute atomic E-state index is 13.3. The average molecular weight is 444 g/mol. The molecule has 3 amide bonds. The predicted molar refractivity (Wildman–Crippen MR) is 115 cm³/mol. The second-order valence-corrected chi connectivity index (χ2v) is 9.28. The van der Waals surface area contributed by atoms with Gasteiger partial charge < -0.3 is 15.0 Å². The van der Waals surface area contributed by atoms with Gasteiger partial charge in [-0.25, -0.2) is 9.18 Å². The number of hydrogen-bond donors (Lipinski definition) is 1. The molecule has 0 aromatic heterocycles. The number of anilines is 1. The molecule has 1 aliphatic heterocycles. The van der Waals surface area contributed by atoms with Crippen LogP contribution in [0.25, 0.3) is 0 Å². The molecule has 4 fully saturated rings. The van der Waals surface area contributed by atoms with Crippen molar-refractivity contribution in [2.24, 2.45) is 0 Å². The molecule has 3 saturated carbocycles. The van der Waals surface area contributed by atoms with Gasteiger partial charge in [0, 0.05) is 29.3 Å². The number of carbonyl (C=O) groups is 2. The molecule has 8 heteroatoms. The lowest BCUT2D eigenvalue weighted by atomic mass is 9.43. The van der Waals surface area contributed by atoms with Gasteiger partial charge in [0.25, 0.3) is 5.91 Å². The molecule has 4 aliphatic rings. The minimum Gasteiger partial charge on any atom is -0.484 e. The summed E-state index contributed by atoms with van der Waals surface area (Å²) in [7, 11) is 0. The van der Waals surface area contributed by atoms with Crippen molar-refractivity contribution in [3.05, 3.63) is 58.9 Å². The Labute approximate surface area is 184 Å². The summed E-state index contributed by atoms with van der Waals surface area (Å²) in [5, 5.41) is 3.70. The van der Waals surface area contributed by atoms with Crippen molar-refractivity contribution in [3.8, 4) is 5.75 Å². The smallest absolute Gasteiger partial charge is 0.325 e. The normalized spacial score (nSPS) is 26.4. The molecule has 2 bridgehead atoms. The van der Waals surface area contributed by atoms with Gasteiger partial charge >= 0.3 is 6.03 Å². The van der Waals surface area contributed by atoms with E-state index in [9.17, 15) is 14.0 Å². The topological polar surface area (TPSA) is 61.9 Å². The van der Waals surface area contributed by atoms with E-state index in [1.165, 1.54) is 12.1 Å². The first kappa shape index (κ1) is 20.1. The highest BCUT2D eigenvalue weighted by Gasteiger charge is 2.72. The van der Waals surface area contributed by atoms with Crippen molar-refractivity contribution < 1.29 is 18.7 Å². The second kappa shape index (κ2) is 7.12. The maximum atomic E-state index is 13.3. The van der Waals surface area contributed by atoms with Crippen LogP contribution in [-0.4, -0.2) is 47.6 Å². The summed E-state index contributed by atoms with van der Waals surface area (Å²) in [6.45, 7) is 2.86. The highest BCUT2D eigenvalue weighted by atomic mass is 35.5. The first-order chi connectivity index (χ1) is 14.8. The van der Waals surface area contributed by atoms with Crippen LogP contribution in [-0.2, 0) is 4.79 Å². The van der Waals surface area contributed by atoms with E-state index in [0.29, 0.717) is 29.4 Å². The van der Waals surface area contributed by atoms with Gasteiger partial charge in [0.05, 0.1) is 5.54 Å². The van der Waals surface area contributed by atoms with Gasteiger partial charge in [0.1, 0.15) is 11.6 Å². The van der Waals surface area contributed by atoms with Gasteiger partial charge in [-0.15, -0.1) is 0 Å². The van der Waals surface area contributed by atoms with Gasteiger partial charge in [-0.05, 0) is 74.2 Å². The molecule has 0 atom stereocenters. The Morgan fingerprint density at radius 2 is 1.87 bits per heavy atom. The Balaban J connectivity index is 1.13. The number of ether oxygens (including phenoxy) is 1. The van der Waals surface area contributed by atoms with Crippen LogP contribution >= 0.6 is 11.6 Å². The molecular formula is C23H23ClFN3O3. The van der Waals surface area contributed by atoms with Crippen molar-refractivity contribution in [1.82, 2.24) is 10.2 Å². The lowest BCUT2D eigenvalue weighted by Crippen LogP contribution is -2.84. The van der Waals surface area contributed by atoms with Gasteiger partial charge in [-0.1, -0.05) is 11.6 Å². The Kier molecular flexibility index (Phi) is 4.62. The number of carbonyl (C=O) groups excluding carboxylic acids is 2. The van der Waals surface area contributed by atoms with Crippen molar-refractivity contribution in [2.75, 3.05) is 24.6 Å². The van der Waals surface area contributed by atoms with E-state index in [4.69, 9.17) is 16.3 Å². The van der Waals surface area contributed by atoms with Crippen LogP contribution in [0.1, 0.15) is 24.8 Å². The van der Waals surface area contributed by atoms with E-state index < -0.39 is 0 Å². The summed E-state index contributed by atoms with van der Waals surface area (Å²) in [4.78, 5) is 29.1. The number of benzene rings is 2. The van der Waals surface area contributed by atoms with Crippen LogP contribution in [0.5, 0.6) is 5.75 Å². The summed E-state index contributed by atoms with van der Waals surface area (Å²) in [5.41, 5.74) is 0.926. The van der Waals surface area contributed by atoms with E-state index in [-0.39, 0.29) is 35.4 Å². The average Bonchev–Trinajstić information content (AvgIpc) is 3.06. The van der Waals surface area contributed by atoms with Gasteiger partial charge in [-0.2, -0.15) is 0 Å². The van der Waals surface area contributed by atoms with E-state index >= 15 is 0 Å². The van der Waals surface area contributed by atoms with Crippen LogP contribution < -0.4 is 15.0 Å². The molecule has 162 valence electrons. The van der Waals surface area contributed by atoms with E-state index in [0.717, 1.165) is 24.9 Å². The van der Waals surface area contributed by atoms with Crippen LogP contribution in [0.2, 0.25) is 5.02 Å². The lowest BCUT2D eigenvalue weighted by Gasteiger charge is -2.72. The largest absolute Gasteiger partial charge is 0.484 e. The fourth-order valence-electron chi connectivity index (χ4n) is 5.18. The third-order valence-electron chi connectivity index (χ3n) is 6.63. The predicted octanol–water partition coefficient (Wildman–Crippen LogP) is 3.90. The quantitative estimate of drug-likeness (QED) is 0.736. The molecule has 0 radical (unpaired) electrons. The Bertz CT molecular complexity index is 1040. The highest BCUT2D eigenvalue weighted by molar-refractivity contribution is 6.30. The standard InChI is InChI=1S/C23H23ClFN3O3/c1-15-10-18(6-7-19(15)25)31-11-20(29)26-22-12-23(13-22,14-22)28-9-8-27(21(28)30)17-4-2-16(24)3-5-17/h2-7,10H,8-9,11-14H2,1H3,(H,26,29). The molecule has 1 heterocycles. The van der Waals surface area contributed by atoms with Crippen LogP contribution in [0.4, 0.5) is 14.9 Å². The molecule has 2 aromatic rings. The van der Waals surface area contributed by atoms with Gasteiger partial charge in [-0.3, -0.25) is 9.69 Å². The Hall–Kier alpha value is -2.80. The molecule has 6 rings (SSSR count). The molecule has 6 nitrogen and oxygen atoms in total. The minimum absolute atomic E-state index is 0.0111. The molecule has 0 spiro atoms. The highest BCUT2D eigenvalue weighted by Crippen LogP contribution is 2.64. The first-order valence-electron chi connectivity index (χ1n) is 10.3. The van der Waals surface area contributed by atoms with Crippen LogP contribution in [0.3, 0.4) is 0 Å². The number of nitrogens with one attached hydrogen (secondary N) is 1. The number of amides is 3. The lowest BCUT2D eigenvalue weighted by molar-refractivity contribution is -0.165. The third kappa shape index (κ3) is 3.41. The van der Waals surface area contributed by atoms with Crippen molar-refractivity contribution in [1.29, 1.82) is 0 Å². The minimum atomic E-state index is -0.304. The third-order valence-corrected chi connectivity index (χ3v) is 6.88. The van der Waals surface area contributed by atoms with Gasteiger partial charge in [0.2, 0.25) is 0 Å². The summed E-state index contributed by atoms with van der Waals surface area (Å²) < 4.78 is 18.8. The molecule has 31 heavy (non-hydrogen) atoms. The van der Waals surface area contributed by atoms with Crippen molar-refractivity contribution in [2.45, 2.75) is 37.3 Å².